The van der Waals surface area contributed by atoms with Crippen LogP contribution >= 0.6 is 11.3 Å². The number of esters is 1. The van der Waals surface area contributed by atoms with Crippen molar-refractivity contribution in [2.24, 2.45) is 0 Å². The Hall–Kier alpha value is -4.38. The number of thiophene rings is 1. The van der Waals surface area contributed by atoms with Gasteiger partial charge in [0.25, 0.3) is 5.56 Å². The summed E-state index contributed by atoms with van der Waals surface area (Å²) >= 11 is 1.53. The standard InChI is InChI=1S/C30H33N3O7S/c1-6-38-26(34)18-32(30(36)40-25-13-11-23(37-5)12-14-25)17-22-7-9-24(10-8-22)39-16-15-33-21(4)31-28-27(29(33)35)19(2)20(3)41-28/h7-14H,6,15-18H2,1-5H3. The molecule has 41 heavy (non-hydrogen) atoms. The summed E-state index contributed by atoms with van der Waals surface area (Å²) in [6, 6.07) is 13.7. The van der Waals surface area contributed by atoms with Crippen LogP contribution in [-0.4, -0.2) is 53.4 Å². The number of aromatic nitrogens is 2. The van der Waals surface area contributed by atoms with Crippen molar-refractivity contribution in [3.63, 3.8) is 0 Å². The minimum absolute atomic E-state index is 0.0588. The number of hydrogen-bond donors (Lipinski definition) is 0. The Balaban J connectivity index is 1.39. The van der Waals surface area contributed by atoms with Crippen molar-refractivity contribution in [3.8, 4) is 17.2 Å². The van der Waals surface area contributed by atoms with Crippen LogP contribution in [0.25, 0.3) is 10.2 Å². The maximum absolute atomic E-state index is 13.1. The molecule has 216 valence electrons. The molecule has 0 radical (unpaired) electrons. The van der Waals surface area contributed by atoms with Gasteiger partial charge in [0.2, 0.25) is 0 Å². The fourth-order valence-corrected chi connectivity index (χ4v) is 5.28. The second kappa shape index (κ2) is 13.3. The van der Waals surface area contributed by atoms with Gasteiger partial charge in [-0.25, -0.2) is 9.78 Å². The average Bonchev–Trinajstić information content (AvgIpc) is 3.24. The van der Waals surface area contributed by atoms with Gasteiger partial charge in [-0.15, -0.1) is 11.3 Å². The topological polar surface area (TPSA) is 109 Å². The first kappa shape index (κ1) is 29.6. The SMILES string of the molecule is CCOC(=O)CN(Cc1ccc(OCCn2c(C)nc3sc(C)c(C)c3c2=O)cc1)C(=O)Oc1ccc(OC)cc1. The molecule has 0 saturated heterocycles. The van der Waals surface area contributed by atoms with E-state index in [0.29, 0.717) is 35.0 Å². The van der Waals surface area contributed by atoms with Crippen molar-refractivity contribution in [2.45, 2.75) is 40.8 Å². The molecule has 2 heterocycles. The summed E-state index contributed by atoms with van der Waals surface area (Å²) in [7, 11) is 1.55. The summed E-state index contributed by atoms with van der Waals surface area (Å²) in [6.07, 6.45) is -0.689. The van der Waals surface area contributed by atoms with E-state index >= 15 is 0 Å². The van der Waals surface area contributed by atoms with Crippen molar-refractivity contribution in [3.05, 3.63) is 80.7 Å². The third-order valence-corrected chi connectivity index (χ3v) is 7.61. The zero-order valence-electron chi connectivity index (χ0n) is 23.8. The minimum Gasteiger partial charge on any atom is -0.497 e. The first-order valence-electron chi connectivity index (χ1n) is 13.2. The van der Waals surface area contributed by atoms with Gasteiger partial charge in [-0.2, -0.15) is 0 Å². The third kappa shape index (κ3) is 7.23. The highest BCUT2D eigenvalue weighted by Gasteiger charge is 2.21. The number of aryl methyl sites for hydroxylation is 3. The highest BCUT2D eigenvalue weighted by molar-refractivity contribution is 7.18. The molecule has 0 spiro atoms. The molecule has 2 aromatic heterocycles. The van der Waals surface area contributed by atoms with Crippen LogP contribution in [0.5, 0.6) is 17.2 Å². The molecule has 11 heteroatoms. The summed E-state index contributed by atoms with van der Waals surface area (Å²) in [4.78, 5) is 45.9. The molecule has 4 rings (SSSR count). The van der Waals surface area contributed by atoms with Gasteiger partial charge in [-0.05, 0) is 75.2 Å². The predicted molar refractivity (Wildman–Crippen MR) is 156 cm³/mol. The Morgan fingerprint density at radius 2 is 1.63 bits per heavy atom. The number of methoxy groups -OCH3 is 1. The Labute approximate surface area is 242 Å². The van der Waals surface area contributed by atoms with Crippen molar-refractivity contribution < 1.29 is 28.5 Å². The second-order valence-electron chi connectivity index (χ2n) is 9.28. The lowest BCUT2D eigenvalue weighted by molar-refractivity contribution is -0.144. The van der Waals surface area contributed by atoms with Crippen LogP contribution in [-0.2, 0) is 22.6 Å². The molecular formula is C30H33N3O7S. The third-order valence-electron chi connectivity index (χ3n) is 6.51. The summed E-state index contributed by atoms with van der Waals surface area (Å²) in [5, 5.41) is 0.667. The molecular weight excluding hydrogens is 546 g/mol. The first-order chi connectivity index (χ1) is 19.7. The van der Waals surface area contributed by atoms with Gasteiger partial charge in [0.15, 0.2) is 0 Å². The number of nitrogens with zero attached hydrogens (tertiary/aromatic N) is 3. The Kier molecular flexibility index (Phi) is 9.61. The molecule has 0 aliphatic heterocycles. The molecule has 0 saturated carbocycles. The van der Waals surface area contributed by atoms with Crippen LogP contribution in [0.1, 0.15) is 28.8 Å². The van der Waals surface area contributed by atoms with Gasteiger partial charge < -0.3 is 18.9 Å². The van der Waals surface area contributed by atoms with Gasteiger partial charge >= 0.3 is 12.1 Å². The summed E-state index contributed by atoms with van der Waals surface area (Å²) in [5.74, 6) is 1.66. The molecule has 0 N–H and O–H groups in total. The van der Waals surface area contributed by atoms with Crippen LogP contribution in [0.4, 0.5) is 4.79 Å². The number of hydrogen-bond acceptors (Lipinski definition) is 9. The molecule has 0 unspecified atom stereocenters. The molecule has 1 amide bonds. The van der Waals surface area contributed by atoms with E-state index < -0.39 is 12.1 Å². The van der Waals surface area contributed by atoms with Gasteiger partial charge in [-0.1, -0.05) is 12.1 Å². The molecule has 0 fully saturated rings. The van der Waals surface area contributed by atoms with E-state index in [9.17, 15) is 14.4 Å². The number of rotatable bonds is 11. The average molecular weight is 580 g/mol. The van der Waals surface area contributed by atoms with Crippen LogP contribution in [0.15, 0.2) is 53.3 Å². The van der Waals surface area contributed by atoms with E-state index in [1.54, 1.807) is 67.1 Å². The zero-order valence-corrected chi connectivity index (χ0v) is 24.6. The quantitative estimate of drug-likeness (QED) is 0.228. The molecule has 0 aliphatic carbocycles. The number of carbonyl (C=O) groups is 2. The van der Waals surface area contributed by atoms with Crippen molar-refractivity contribution >= 4 is 33.6 Å². The normalized spacial score (nSPS) is 10.9. The number of amides is 1. The van der Waals surface area contributed by atoms with E-state index in [1.165, 1.54) is 16.2 Å². The lowest BCUT2D eigenvalue weighted by Gasteiger charge is -2.21. The van der Waals surface area contributed by atoms with E-state index in [-0.39, 0.29) is 31.9 Å². The van der Waals surface area contributed by atoms with Crippen LogP contribution in [0.2, 0.25) is 0 Å². The first-order valence-corrected chi connectivity index (χ1v) is 14.0. The molecule has 0 aliphatic rings. The summed E-state index contributed by atoms with van der Waals surface area (Å²) in [6.45, 7) is 8.15. The number of carbonyl (C=O) groups excluding carboxylic acids is 2. The van der Waals surface area contributed by atoms with Crippen LogP contribution in [0, 0.1) is 20.8 Å². The van der Waals surface area contributed by atoms with Gasteiger partial charge in [0.05, 0.1) is 25.6 Å². The van der Waals surface area contributed by atoms with Crippen molar-refractivity contribution in [1.82, 2.24) is 14.5 Å². The number of benzene rings is 2. The smallest absolute Gasteiger partial charge is 0.416 e. The fraction of sp³-hybridized carbons (Fsp3) is 0.333. The Bertz CT molecular complexity index is 1580. The fourth-order valence-electron chi connectivity index (χ4n) is 4.22. The second-order valence-corrected chi connectivity index (χ2v) is 10.5. The zero-order chi connectivity index (χ0) is 29.5. The number of fused-ring (bicyclic) bond motifs is 1. The highest BCUT2D eigenvalue weighted by Crippen LogP contribution is 2.26. The van der Waals surface area contributed by atoms with E-state index in [4.69, 9.17) is 18.9 Å². The molecule has 0 atom stereocenters. The van der Waals surface area contributed by atoms with Crippen molar-refractivity contribution in [2.75, 3.05) is 26.9 Å². The molecule has 0 bridgehead atoms. The summed E-state index contributed by atoms with van der Waals surface area (Å²) in [5.41, 5.74) is 1.67. The highest BCUT2D eigenvalue weighted by atomic mass is 32.1. The van der Waals surface area contributed by atoms with Gasteiger partial charge in [0, 0.05) is 11.4 Å². The van der Waals surface area contributed by atoms with E-state index in [0.717, 1.165) is 20.8 Å². The van der Waals surface area contributed by atoms with E-state index in [2.05, 4.69) is 4.98 Å². The Morgan fingerprint density at radius 1 is 0.976 bits per heavy atom. The lowest BCUT2D eigenvalue weighted by Crippen LogP contribution is -2.38. The summed E-state index contributed by atoms with van der Waals surface area (Å²) < 4.78 is 23.2. The molecule has 2 aromatic carbocycles. The van der Waals surface area contributed by atoms with Crippen molar-refractivity contribution in [1.29, 1.82) is 0 Å². The maximum atomic E-state index is 13.1. The predicted octanol–water partition coefficient (Wildman–Crippen LogP) is 5.03. The van der Waals surface area contributed by atoms with E-state index in [1.807, 2.05) is 20.8 Å². The molecule has 4 aromatic rings. The largest absolute Gasteiger partial charge is 0.497 e. The number of ether oxygens (including phenoxy) is 4. The maximum Gasteiger partial charge on any atom is 0.416 e. The Morgan fingerprint density at radius 3 is 2.29 bits per heavy atom. The monoisotopic (exact) mass is 579 g/mol. The minimum atomic E-state index is -0.689. The van der Waals surface area contributed by atoms with Crippen LogP contribution < -0.4 is 19.8 Å². The molecule has 10 nitrogen and oxygen atoms in total. The lowest BCUT2D eigenvalue weighted by atomic mass is 10.2. The van der Waals surface area contributed by atoms with Gasteiger partial charge in [-0.3, -0.25) is 19.1 Å². The van der Waals surface area contributed by atoms with Gasteiger partial charge in [0.1, 0.15) is 41.1 Å². The van der Waals surface area contributed by atoms with Crippen LogP contribution in [0.3, 0.4) is 0 Å².